The number of anilines is 1. The van der Waals surface area contributed by atoms with Gasteiger partial charge in [0.1, 0.15) is 0 Å². The largest absolute Gasteiger partial charge is 0.399 e. The predicted molar refractivity (Wildman–Crippen MR) is 78.5 cm³/mol. The molecule has 0 aromatic heterocycles. The van der Waals surface area contributed by atoms with Crippen molar-refractivity contribution in [3.63, 3.8) is 0 Å². The van der Waals surface area contributed by atoms with Gasteiger partial charge in [0.2, 0.25) is 0 Å². The Morgan fingerprint density at radius 3 is 2.74 bits per heavy atom. The Morgan fingerprint density at radius 1 is 1.47 bits per heavy atom. The highest BCUT2D eigenvalue weighted by Crippen LogP contribution is 2.21. The first kappa shape index (κ1) is 15.8. The summed E-state index contributed by atoms with van der Waals surface area (Å²) < 4.78 is 5.05. The average molecular weight is 285 g/mol. The van der Waals surface area contributed by atoms with E-state index in [9.17, 15) is 4.79 Å². The number of ether oxygens (including phenoxy) is 1. The fourth-order valence-electron chi connectivity index (χ4n) is 1.60. The summed E-state index contributed by atoms with van der Waals surface area (Å²) in [4.78, 5) is 12.0. The number of rotatable bonds is 6. The van der Waals surface area contributed by atoms with E-state index >= 15 is 0 Å². The fraction of sp³-hybridized carbons (Fsp3) is 0.500. The number of hydrogen-bond acceptors (Lipinski definition) is 3. The SMILES string of the molecule is COCCC(C)(C)CNC(=O)c1ccc(N)cc1Cl. The number of nitrogens with one attached hydrogen (secondary N) is 1. The Bertz CT molecular complexity index is 447. The van der Waals surface area contributed by atoms with E-state index in [4.69, 9.17) is 22.1 Å². The topological polar surface area (TPSA) is 64.3 Å². The molecule has 1 amide bonds. The van der Waals surface area contributed by atoms with Gasteiger partial charge in [0, 0.05) is 25.9 Å². The van der Waals surface area contributed by atoms with Crippen LogP contribution >= 0.6 is 11.6 Å². The molecule has 0 aliphatic carbocycles. The zero-order valence-corrected chi connectivity index (χ0v) is 12.4. The fourth-order valence-corrected chi connectivity index (χ4v) is 1.87. The van der Waals surface area contributed by atoms with Crippen LogP contribution < -0.4 is 11.1 Å². The van der Waals surface area contributed by atoms with Crippen LogP contribution in [0, 0.1) is 5.41 Å². The molecule has 0 aliphatic heterocycles. The van der Waals surface area contributed by atoms with Crippen LogP contribution in [0.4, 0.5) is 5.69 Å². The second-order valence-electron chi connectivity index (χ2n) is 5.33. The molecule has 1 aromatic carbocycles. The van der Waals surface area contributed by atoms with E-state index in [1.54, 1.807) is 25.3 Å². The zero-order chi connectivity index (χ0) is 14.5. The molecular formula is C14H21ClN2O2. The molecule has 3 N–H and O–H groups in total. The maximum absolute atomic E-state index is 12.0. The van der Waals surface area contributed by atoms with Crippen LogP contribution in [0.25, 0.3) is 0 Å². The maximum Gasteiger partial charge on any atom is 0.252 e. The van der Waals surface area contributed by atoms with E-state index in [1.807, 2.05) is 0 Å². The monoisotopic (exact) mass is 284 g/mol. The van der Waals surface area contributed by atoms with E-state index < -0.39 is 0 Å². The van der Waals surface area contributed by atoms with Crippen molar-refractivity contribution in [2.75, 3.05) is 26.0 Å². The lowest BCUT2D eigenvalue weighted by molar-refractivity contribution is 0.0921. The summed E-state index contributed by atoms with van der Waals surface area (Å²) in [6, 6.07) is 4.87. The third kappa shape index (κ3) is 5.09. The Labute approximate surface area is 119 Å². The van der Waals surface area contributed by atoms with Gasteiger partial charge in [-0.05, 0) is 30.0 Å². The van der Waals surface area contributed by atoms with Gasteiger partial charge >= 0.3 is 0 Å². The van der Waals surface area contributed by atoms with E-state index in [-0.39, 0.29) is 11.3 Å². The van der Waals surface area contributed by atoms with E-state index in [2.05, 4.69) is 19.2 Å². The molecule has 0 saturated heterocycles. The summed E-state index contributed by atoms with van der Waals surface area (Å²) in [7, 11) is 1.67. The Kier molecular flexibility index (Phi) is 5.63. The summed E-state index contributed by atoms with van der Waals surface area (Å²) >= 11 is 6.00. The number of methoxy groups -OCH3 is 1. The quantitative estimate of drug-likeness (QED) is 0.790. The summed E-state index contributed by atoms with van der Waals surface area (Å²) in [5, 5.41) is 3.26. The van der Waals surface area contributed by atoms with Gasteiger partial charge in [0.25, 0.3) is 5.91 Å². The second-order valence-corrected chi connectivity index (χ2v) is 5.74. The van der Waals surface area contributed by atoms with Crippen molar-refractivity contribution < 1.29 is 9.53 Å². The number of nitrogen functional groups attached to an aromatic ring is 1. The molecule has 0 fully saturated rings. The Morgan fingerprint density at radius 2 is 2.16 bits per heavy atom. The predicted octanol–water partition coefficient (Wildman–Crippen LogP) is 2.71. The minimum Gasteiger partial charge on any atom is -0.399 e. The molecule has 0 atom stereocenters. The highest BCUT2D eigenvalue weighted by Gasteiger charge is 2.19. The van der Waals surface area contributed by atoms with E-state index in [0.29, 0.717) is 29.4 Å². The second kappa shape index (κ2) is 6.78. The van der Waals surface area contributed by atoms with Gasteiger partial charge in [-0.3, -0.25) is 4.79 Å². The molecule has 1 aromatic rings. The molecule has 106 valence electrons. The van der Waals surface area contributed by atoms with Crippen LogP contribution in [0.1, 0.15) is 30.6 Å². The van der Waals surface area contributed by atoms with Crippen molar-refractivity contribution in [2.45, 2.75) is 20.3 Å². The molecular weight excluding hydrogens is 264 g/mol. The number of hydrogen-bond donors (Lipinski definition) is 2. The molecule has 0 spiro atoms. The minimum absolute atomic E-state index is 0.0219. The number of benzene rings is 1. The number of halogens is 1. The standard InChI is InChI=1S/C14H21ClN2O2/c1-14(2,6-7-19-3)9-17-13(18)11-5-4-10(16)8-12(11)15/h4-5,8H,6-7,9,16H2,1-3H3,(H,17,18). The third-order valence-electron chi connectivity index (χ3n) is 2.95. The minimum atomic E-state index is -0.185. The number of nitrogens with two attached hydrogens (primary N) is 1. The summed E-state index contributed by atoms with van der Waals surface area (Å²) in [5.74, 6) is -0.185. The van der Waals surface area contributed by atoms with Crippen LogP contribution in [0.5, 0.6) is 0 Å². The van der Waals surface area contributed by atoms with Gasteiger partial charge in [0.05, 0.1) is 10.6 Å². The van der Waals surface area contributed by atoms with Crippen LogP contribution in [0.15, 0.2) is 18.2 Å². The molecule has 0 unspecified atom stereocenters. The van der Waals surface area contributed by atoms with Crippen molar-refractivity contribution in [1.82, 2.24) is 5.32 Å². The first-order valence-corrected chi connectivity index (χ1v) is 6.56. The maximum atomic E-state index is 12.0. The van der Waals surface area contributed by atoms with Crippen molar-refractivity contribution >= 4 is 23.2 Å². The zero-order valence-electron chi connectivity index (χ0n) is 11.6. The Balaban J connectivity index is 2.60. The molecule has 19 heavy (non-hydrogen) atoms. The normalized spacial score (nSPS) is 11.4. The molecule has 0 bridgehead atoms. The number of carbonyl (C=O) groups is 1. The molecule has 4 nitrogen and oxygen atoms in total. The molecule has 0 heterocycles. The average Bonchev–Trinajstić information content (AvgIpc) is 2.34. The van der Waals surface area contributed by atoms with E-state index in [0.717, 1.165) is 6.42 Å². The Hall–Kier alpha value is -1.26. The van der Waals surface area contributed by atoms with Gasteiger partial charge < -0.3 is 15.8 Å². The lowest BCUT2D eigenvalue weighted by atomic mass is 9.89. The highest BCUT2D eigenvalue weighted by molar-refractivity contribution is 6.34. The third-order valence-corrected chi connectivity index (χ3v) is 3.26. The van der Waals surface area contributed by atoms with Gasteiger partial charge in [-0.15, -0.1) is 0 Å². The highest BCUT2D eigenvalue weighted by atomic mass is 35.5. The van der Waals surface area contributed by atoms with Gasteiger partial charge in [-0.25, -0.2) is 0 Å². The van der Waals surface area contributed by atoms with Crippen LogP contribution in [-0.4, -0.2) is 26.2 Å². The van der Waals surface area contributed by atoms with Crippen molar-refractivity contribution in [1.29, 1.82) is 0 Å². The van der Waals surface area contributed by atoms with Crippen LogP contribution in [0.2, 0.25) is 5.02 Å². The summed E-state index contributed by atoms with van der Waals surface area (Å²) in [6.07, 6.45) is 0.874. The lowest BCUT2D eigenvalue weighted by Gasteiger charge is -2.24. The summed E-state index contributed by atoms with van der Waals surface area (Å²) in [5.41, 5.74) is 6.56. The number of amides is 1. The van der Waals surface area contributed by atoms with Gasteiger partial charge in [-0.2, -0.15) is 0 Å². The molecule has 0 aliphatic rings. The summed E-state index contributed by atoms with van der Waals surface area (Å²) in [6.45, 7) is 5.40. The molecule has 1 rings (SSSR count). The molecule has 5 heteroatoms. The van der Waals surface area contributed by atoms with Gasteiger partial charge in [0.15, 0.2) is 0 Å². The van der Waals surface area contributed by atoms with E-state index in [1.165, 1.54) is 0 Å². The first-order valence-electron chi connectivity index (χ1n) is 6.18. The lowest BCUT2D eigenvalue weighted by Crippen LogP contribution is -2.34. The first-order chi connectivity index (χ1) is 8.85. The van der Waals surface area contributed by atoms with Crippen LogP contribution in [-0.2, 0) is 4.74 Å². The van der Waals surface area contributed by atoms with Crippen molar-refractivity contribution in [2.24, 2.45) is 5.41 Å². The van der Waals surface area contributed by atoms with Crippen molar-refractivity contribution in [3.8, 4) is 0 Å². The molecule has 0 radical (unpaired) electrons. The smallest absolute Gasteiger partial charge is 0.252 e. The van der Waals surface area contributed by atoms with Gasteiger partial charge in [-0.1, -0.05) is 25.4 Å². The van der Waals surface area contributed by atoms with Crippen LogP contribution in [0.3, 0.4) is 0 Å². The molecule has 0 saturated carbocycles. The number of carbonyl (C=O) groups excluding carboxylic acids is 1. The van der Waals surface area contributed by atoms with Crippen molar-refractivity contribution in [3.05, 3.63) is 28.8 Å².